The number of carboxylic acids is 1. The molecule has 2 N–H and O–H groups in total. The number of hydrogen-bond acceptors (Lipinski definition) is 3. The molecule has 22 heavy (non-hydrogen) atoms. The first-order chi connectivity index (χ1) is 10.4. The molecule has 0 aliphatic rings. The van der Waals surface area contributed by atoms with Crippen LogP contribution in [0.5, 0.6) is 0 Å². The van der Waals surface area contributed by atoms with Crippen LogP contribution in [0.15, 0.2) is 66.7 Å². The van der Waals surface area contributed by atoms with Crippen molar-refractivity contribution in [2.24, 2.45) is 0 Å². The average molecular weight is 321 g/mol. The van der Waals surface area contributed by atoms with E-state index in [1.165, 1.54) is 0 Å². The maximum atomic E-state index is 11.0. The second-order valence-electron chi connectivity index (χ2n) is 4.63. The first kappa shape index (κ1) is 17.9. The smallest absolute Gasteiger partial charge is 0.322 e. The summed E-state index contributed by atoms with van der Waals surface area (Å²) in [5.74, 6) is -1.19. The van der Waals surface area contributed by atoms with Crippen molar-refractivity contribution in [2.45, 2.75) is 12.5 Å². The molecule has 0 bridgehead atoms. The molecule has 0 amide bonds. The van der Waals surface area contributed by atoms with Crippen molar-refractivity contribution in [1.82, 2.24) is 4.72 Å². The number of rotatable bonds is 5. The summed E-state index contributed by atoms with van der Waals surface area (Å²) in [6.07, 6.45) is 1.07. The lowest BCUT2D eigenvalue weighted by molar-refractivity contribution is -0.138. The third-order valence-electron chi connectivity index (χ3n) is 2.60. The molecule has 0 saturated carbocycles. The summed E-state index contributed by atoms with van der Waals surface area (Å²) in [5.41, 5.74) is 0.769. The van der Waals surface area contributed by atoms with Crippen molar-refractivity contribution in [3.63, 3.8) is 0 Å². The van der Waals surface area contributed by atoms with Crippen LogP contribution in [0.25, 0.3) is 0 Å². The van der Waals surface area contributed by atoms with Gasteiger partial charge >= 0.3 is 5.97 Å². The SMILES string of the molecule is CS(=O)(=O)NC(Cc1ccccc1)C(=O)O.c1ccccc1. The fourth-order valence-corrected chi connectivity index (χ4v) is 2.37. The zero-order valence-electron chi connectivity index (χ0n) is 12.2. The number of carbonyl (C=O) groups is 1. The molecule has 0 heterocycles. The fraction of sp³-hybridized carbons (Fsp3) is 0.188. The number of carboxylic acid groups (broad SMARTS) is 1. The normalized spacial score (nSPS) is 11.9. The van der Waals surface area contributed by atoms with Gasteiger partial charge in [0.25, 0.3) is 0 Å². The molecule has 1 unspecified atom stereocenters. The van der Waals surface area contributed by atoms with E-state index in [2.05, 4.69) is 4.72 Å². The van der Waals surface area contributed by atoms with Crippen LogP contribution in [0.2, 0.25) is 0 Å². The minimum absolute atomic E-state index is 0.128. The molecule has 0 aliphatic heterocycles. The zero-order valence-corrected chi connectivity index (χ0v) is 13.0. The van der Waals surface area contributed by atoms with E-state index in [1.807, 2.05) is 42.5 Å². The summed E-state index contributed by atoms with van der Waals surface area (Å²) in [6, 6.07) is 19.7. The Hall–Kier alpha value is -2.18. The maximum absolute atomic E-state index is 11.0. The van der Waals surface area contributed by atoms with Crippen LogP contribution in [0, 0.1) is 0 Å². The topological polar surface area (TPSA) is 83.5 Å². The lowest BCUT2D eigenvalue weighted by atomic mass is 10.1. The molecule has 2 aromatic rings. The van der Waals surface area contributed by atoms with Gasteiger partial charge in [0.2, 0.25) is 10.0 Å². The summed E-state index contributed by atoms with van der Waals surface area (Å²) < 4.78 is 24.0. The molecule has 0 fully saturated rings. The molecule has 118 valence electrons. The molecule has 0 spiro atoms. The van der Waals surface area contributed by atoms with Gasteiger partial charge < -0.3 is 5.11 Å². The van der Waals surface area contributed by atoms with E-state index in [0.29, 0.717) is 0 Å². The number of sulfonamides is 1. The predicted octanol–water partition coefficient (Wildman–Crippen LogP) is 1.92. The summed E-state index contributed by atoms with van der Waals surface area (Å²) in [6.45, 7) is 0. The van der Waals surface area contributed by atoms with Gasteiger partial charge in [-0.15, -0.1) is 0 Å². The Balaban J connectivity index is 0.000000335. The Morgan fingerprint density at radius 1 is 1.00 bits per heavy atom. The summed E-state index contributed by atoms with van der Waals surface area (Å²) in [4.78, 5) is 10.9. The van der Waals surface area contributed by atoms with Crippen molar-refractivity contribution in [2.75, 3.05) is 6.26 Å². The monoisotopic (exact) mass is 321 g/mol. The van der Waals surface area contributed by atoms with Crippen LogP contribution in [0.1, 0.15) is 5.56 Å². The summed E-state index contributed by atoms with van der Waals surface area (Å²) in [5, 5.41) is 8.87. The van der Waals surface area contributed by atoms with Crippen molar-refractivity contribution >= 4 is 16.0 Å². The lowest BCUT2D eigenvalue weighted by Crippen LogP contribution is -2.41. The molecular formula is C16H19NO4S. The molecule has 2 rings (SSSR count). The van der Waals surface area contributed by atoms with Crippen molar-refractivity contribution in [3.8, 4) is 0 Å². The number of hydrogen-bond donors (Lipinski definition) is 2. The Kier molecular flexibility index (Phi) is 7.28. The van der Waals surface area contributed by atoms with Gasteiger partial charge in [-0.05, 0) is 12.0 Å². The minimum Gasteiger partial charge on any atom is -0.480 e. The number of benzene rings is 2. The number of aliphatic carboxylic acids is 1. The summed E-state index contributed by atoms with van der Waals surface area (Å²) >= 11 is 0. The quantitative estimate of drug-likeness (QED) is 0.881. The Bertz CT molecular complexity index is 630. The van der Waals surface area contributed by atoms with E-state index >= 15 is 0 Å². The van der Waals surface area contributed by atoms with Gasteiger partial charge in [0.1, 0.15) is 6.04 Å². The first-order valence-corrected chi connectivity index (χ1v) is 8.51. The van der Waals surface area contributed by atoms with Gasteiger partial charge in [-0.3, -0.25) is 4.79 Å². The van der Waals surface area contributed by atoms with E-state index < -0.39 is 22.0 Å². The van der Waals surface area contributed by atoms with Gasteiger partial charge in [0.05, 0.1) is 6.26 Å². The molecule has 1 atom stereocenters. The van der Waals surface area contributed by atoms with Gasteiger partial charge in [-0.2, -0.15) is 0 Å². The largest absolute Gasteiger partial charge is 0.480 e. The van der Waals surface area contributed by atoms with E-state index in [-0.39, 0.29) is 6.42 Å². The maximum Gasteiger partial charge on any atom is 0.322 e. The third-order valence-corrected chi connectivity index (χ3v) is 3.32. The van der Waals surface area contributed by atoms with Gasteiger partial charge in [0, 0.05) is 0 Å². The lowest BCUT2D eigenvalue weighted by Gasteiger charge is -2.12. The molecule has 2 aromatic carbocycles. The molecule has 0 aliphatic carbocycles. The van der Waals surface area contributed by atoms with E-state index in [9.17, 15) is 13.2 Å². The molecule has 0 saturated heterocycles. The van der Waals surface area contributed by atoms with Crippen molar-refractivity contribution in [3.05, 3.63) is 72.3 Å². The highest BCUT2D eigenvalue weighted by atomic mass is 32.2. The van der Waals surface area contributed by atoms with E-state index in [4.69, 9.17) is 5.11 Å². The van der Waals surface area contributed by atoms with Crippen molar-refractivity contribution < 1.29 is 18.3 Å². The first-order valence-electron chi connectivity index (χ1n) is 6.62. The van der Waals surface area contributed by atoms with Crippen LogP contribution in [0.4, 0.5) is 0 Å². The van der Waals surface area contributed by atoms with Crippen LogP contribution in [0.3, 0.4) is 0 Å². The Morgan fingerprint density at radius 3 is 1.77 bits per heavy atom. The van der Waals surface area contributed by atoms with Crippen LogP contribution < -0.4 is 4.72 Å². The second kappa shape index (κ2) is 8.96. The van der Waals surface area contributed by atoms with E-state index in [0.717, 1.165) is 11.8 Å². The van der Waals surface area contributed by atoms with Gasteiger partial charge in [-0.1, -0.05) is 66.7 Å². The predicted molar refractivity (Wildman–Crippen MR) is 86.0 cm³/mol. The molecule has 5 nitrogen and oxygen atoms in total. The molecule has 0 radical (unpaired) electrons. The minimum atomic E-state index is -3.52. The molecule has 6 heteroatoms. The third kappa shape index (κ3) is 8.18. The van der Waals surface area contributed by atoms with Crippen LogP contribution >= 0.6 is 0 Å². The Labute approximate surface area is 130 Å². The van der Waals surface area contributed by atoms with Gasteiger partial charge in [0.15, 0.2) is 0 Å². The van der Waals surface area contributed by atoms with Crippen LogP contribution in [-0.4, -0.2) is 31.8 Å². The number of nitrogens with one attached hydrogen (secondary N) is 1. The highest BCUT2D eigenvalue weighted by molar-refractivity contribution is 7.88. The fourth-order valence-electron chi connectivity index (χ4n) is 1.67. The highest BCUT2D eigenvalue weighted by Crippen LogP contribution is 2.04. The Morgan fingerprint density at radius 2 is 1.41 bits per heavy atom. The standard InChI is InChI=1S/C10H13NO4S.C6H6/c1-16(14,15)11-9(10(12)13)7-8-5-3-2-4-6-8;1-2-4-6-5-3-1/h2-6,9,11H,7H2,1H3,(H,12,13);1-6H. The second-order valence-corrected chi connectivity index (χ2v) is 6.41. The molecule has 0 aromatic heterocycles. The average Bonchev–Trinajstić information content (AvgIpc) is 2.49. The summed E-state index contributed by atoms with van der Waals surface area (Å²) in [7, 11) is -3.52. The van der Waals surface area contributed by atoms with E-state index in [1.54, 1.807) is 24.3 Å². The van der Waals surface area contributed by atoms with Crippen LogP contribution in [-0.2, 0) is 21.2 Å². The van der Waals surface area contributed by atoms with Gasteiger partial charge in [-0.25, -0.2) is 13.1 Å². The molecular weight excluding hydrogens is 302 g/mol. The highest BCUT2D eigenvalue weighted by Gasteiger charge is 2.21. The van der Waals surface area contributed by atoms with Crippen molar-refractivity contribution in [1.29, 1.82) is 0 Å². The zero-order chi connectivity index (χ0) is 16.4.